The van der Waals surface area contributed by atoms with Crippen LogP contribution in [-0.4, -0.2) is 0 Å². The number of anilines is 2. The van der Waals surface area contributed by atoms with Crippen molar-refractivity contribution in [1.82, 2.24) is 0 Å². The number of rotatable bonds is 2. The maximum atomic E-state index is 6.05. The van der Waals surface area contributed by atoms with E-state index in [1.165, 1.54) is 11.1 Å². The first-order chi connectivity index (χ1) is 9.63. The molecule has 0 amide bonds. The highest BCUT2D eigenvalue weighted by Crippen LogP contribution is 2.51. The molecule has 2 aromatic rings. The highest BCUT2D eigenvalue weighted by Gasteiger charge is 2.27. The molecule has 2 aromatic carbocycles. The quantitative estimate of drug-likeness (QED) is 0.735. The maximum absolute atomic E-state index is 6.05. The molecule has 0 unspecified atom stereocenters. The summed E-state index contributed by atoms with van der Waals surface area (Å²) in [7, 11) is 0. The van der Waals surface area contributed by atoms with Gasteiger partial charge in [0.1, 0.15) is 0 Å². The Morgan fingerprint density at radius 2 is 1.85 bits per heavy atom. The maximum Gasteiger partial charge on any atom is 0.152 e. The molecule has 0 saturated carbocycles. The number of ether oxygens (including phenoxy) is 1. The van der Waals surface area contributed by atoms with Gasteiger partial charge in [0.2, 0.25) is 0 Å². The van der Waals surface area contributed by atoms with E-state index in [4.69, 9.17) is 17.6 Å². The number of hydrogen-bond donors (Lipinski definition) is 1. The predicted octanol–water partition coefficient (Wildman–Crippen LogP) is 5.46. The normalized spacial score (nSPS) is 12.9. The lowest BCUT2D eigenvalue weighted by molar-refractivity contribution is 0.477. The summed E-state index contributed by atoms with van der Waals surface area (Å²) in [4.78, 5) is 0. The van der Waals surface area contributed by atoms with Crippen LogP contribution in [0.2, 0.25) is 0 Å². The molecule has 1 aliphatic heterocycles. The van der Waals surface area contributed by atoms with Crippen LogP contribution in [0.1, 0.15) is 37.8 Å². The van der Waals surface area contributed by atoms with Crippen molar-refractivity contribution in [3.8, 4) is 11.5 Å². The fourth-order valence-electron chi connectivity index (χ4n) is 2.84. The SMILES string of the molecule is CCc1ccc2c(c1C(C)C)N(S)c1ccccc1O2. The van der Waals surface area contributed by atoms with E-state index in [1.54, 1.807) is 0 Å². The lowest BCUT2D eigenvalue weighted by atomic mass is 9.92. The van der Waals surface area contributed by atoms with Crippen LogP contribution in [0.25, 0.3) is 0 Å². The summed E-state index contributed by atoms with van der Waals surface area (Å²) in [6.07, 6.45) is 1.02. The van der Waals surface area contributed by atoms with E-state index in [9.17, 15) is 0 Å². The molecule has 1 heterocycles. The minimum atomic E-state index is 0.434. The number of benzene rings is 2. The monoisotopic (exact) mass is 285 g/mol. The number of thiol groups is 1. The second-order valence-corrected chi connectivity index (χ2v) is 5.77. The van der Waals surface area contributed by atoms with Crippen LogP contribution in [0.15, 0.2) is 36.4 Å². The zero-order valence-electron chi connectivity index (χ0n) is 12.1. The van der Waals surface area contributed by atoms with Crippen molar-refractivity contribution in [3.63, 3.8) is 0 Å². The highest BCUT2D eigenvalue weighted by molar-refractivity contribution is 7.82. The molecule has 0 radical (unpaired) electrons. The van der Waals surface area contributed by atoms with E-state index in [0.717, 1.165) is 29.3 Å². The number of para-hydroxylation sites is 2. The molecular formula is C17H19NOS. The van der Waals surface area contributed by atoms with Crippen LogP contribution in [0.5, 0.6) is 11.5 Å². The van der Waals surface area contributed by atoms with Crippen molar-refractivity contribution in [2.75, 3.05) is 4.31 Å². The fourth-order valence-corrected chi connectivity index (χ4v) is 3.21. The molecule has 0 spiro atoms. The van der Waals surface area contributed by atoms with Crippen molar-refractivity contribution < 1.29 is 4.74 Å². The molecule has 0 fully saturated rings. The third-order valence-corrected chi connectivity index (χ3v) is 4.17. The Kier molecular flexibility index (Phi) is 3.38. The number of nitrogens with zero attached hydrogens (tertiary/aromatic N) is 1. The smallest absolute Gasteiger partial charge is 0.152 e. The Balaban J connectivity index is 2.23. The lowest BCUT2D eigenvalue weighted by Gasteiger charge is -2.32. The summed E-state index contributed by atoms with van der Waals surface area (Å²) in [5, 5.41) is 0. The van der Waals surface area contributed by atoms with Gasteiger partial charge in [-0.3, -0.25) is 4.31 Å². The van der Waals surface area contributed by atoms with Gasteiger partial charge >= 0.3 is 0 Å². The largest absolute Gasteiger partial charge is 0.453 e. The van der Waals surface area contributed by atoms with Crippen molar-refractivity contribution in [3.05, 3.63) is 47.5 Å². The summed E-state index contributed by atoms with van der Waals surface area (Å²) in [6, 6.07) is 12.2. The minimum absolute atomic E-state index is 0.434. The van der Waals surface area contributed by atoms with E-state index in [1.807, 2.05) is 28.6 Å². The molecule has 3 rings (SSSR count). The molecule has 0 bridgehead atoms. The highest BCUT2D eigenvalue weighted by atomic mass is 32.1. The van der Waals surface area contributed by atoms with Gasteiger partial charge in [-0.25, -0.2) is 0 Å². The molecule has 0 saturated heterocycles. The molecule has 0 atom stereocenters. The van der Waals surface area contributed by atoms with Gasteiger partial charge < -0.3 is 4.74 Å². The molecule has 104 valence electrons. The number of aryl methyl sites for hydroxylation is 1. The summed E-state index contributed by atoms with van der Waals surface area (Å²) >= 11 is 4.72. The predicted molar refractivity (Wildman–Crippen MR) is 87.6 cm³/mol. The fraction of sp³-hybridized carbons (Fsp3) is 0.294. The zero-order chi connectivity index (χ0) is 14.3. The summed E-state index contributed by atoms with van der Waals surface area (Å²) in [5.74, 6) is 2.18. The Hall–Kier alpha value is -1.61. The van der Waals surface area contributed by atoms with Crippen molar-refractivity contribution in [2.45, 2.75) is 33.1 Å². The van der Waals surface area contributed by atoms with E-state index in [2.05, 4.69) is 32.9 Å². The Bertz CT molecular complexity index is 651. The van der Waals surface area contributed by atoms with E-state index in [0.29, 0.717) is 5.92 Å². The topological polar surface area (TPSA) is 12.5 Å². The van der Waals surface area contributed by atoms with Gasteiger partial charge in [-0.15, -0.1) is 0 Å². The van der Waals surface area contributed by atoms with Crippen LogP contribution < -0.4 is 9.04 Å². The molecule has 3 heteroatoms. The molecule has 0 aliphatic carbocycles. The minimum Gasteiger partial charge on any atom is -0.453 e. The van der Waals surface area contributed by atoms with Gasteiger partial charge in [0.05, 0.1) is 11.4 Å². The van der Waals surface area contributed by atoms with Gasteiger partial charge in [-0.1, -0.05) is 51.8 Å². The second kappa shape index (κ2) is 5.06. The van der Waals surface area contributed by atoms with Crippen molar-refractivity contribution in [1.29, 1.82) is 0 Å². The van der Waals surface area contributed by atoms with Gasteiger partial charge in [-0.05, 0) is 41.7 Å². The van der Waals surface area contributed by atoms with E-state index >= 15 is 0 Å². The summed E-state index contributed by atoms with van der Waals surface area (Å²) in [6.45, 7) is 6.63. The third kappa shape index (κ3) is 1.97. The van der Waals surface area contributed by atoms with Crippen LogP contribution >= 0.6 is 12.8 Å². The zero-order valence-corrected chi connectivity index (χ0v) is 12.9. The van der Waals surface area contributed by atoms with Crippen LogP contribution in [-0.2, 0) is 6.42 Å². The average Bonchev–Trinajstić information content (AvgIpc) is 2.46. The summed E-state index contributed by atoms with van der Waals surface area (Å²) < 4.78 is 8.01. The van der Waals surface area contributed by atoms with Gasteiger partial charge in [-0.2, -0.15) is 0 Å². The molecular weight excluding hydrogens is 266 g/mol. The van der Waals surface area contributed by atoms with Crippen molar-refractivity contribution in [2.24, 2.45) is 0 Å². The molecule has 1 aliphatic rings. The lowest BCUT2D eigenvalue weighted by Crippen LogP contribution is -2.14. The molecule has 0 aromatic heterocycles. The third-order valence-electron chi connectivity index (χ3n) is 3.75. The van der Waals surface area contributed by atoms with Crippen molar-refractivity contribution >= 4 is 24.2 Å². The van der Waals surface area contributed by atoms with Gasteiger partial charge in [0.25, 0.3) is 0 Å². The first kappa shape index (κ1) is 13.4. The van der Waals surface area contributed by atoms with Gasteiger partial charge in [0, 0.05) is 0 Å². The second-order valence-electron chi connectivity index (χ2n) is 5.37. The first-order valence-corrected chi connectivity index (χ1v) is 7.45. The number of fused-ring (bicyclic) bond motifs is 2. The Labute approximate surface area is 125 Å². The molecule has 0 N–H and O–H groups in total. The van der Waals surface area contributed by atoms with Crippen LogP contribution in [0, 0.1) is 0 Å². The molecule has 20 heavy (non-hydrogen) atoms. The van der Waals surface area contributed by atoms with E-state index in [-0.39, 0.29) is 0 Å². The standard InChI is InChI=1S/C17H19NOS/c1-4-12-9-10-15-17(16(12)11(2)3)18(20)13-7-5-6-8-14(13)19-15/h5-11,20H,4H2,1-3H3. The Morgan fingerprint density at radius 1 is 1.10 bits per heavy atom. The molecule has 2 nitrogen and oxygen atoms in total. The average molecular weight is 285 g/mol. The van der Waals surface area contributed by atoms with Crippen LogP contribution in [0.4, 0.5) is 11.4 Å². The number of hydrogen-bond acceptors (Lipinski definition) is 3. The van der Waals surface area contributed by atoms with Gasteiger partial charge in [0.15, 0.2) is 11.5 Å². The van der Waals surface area contributed by atoms with Crippen LogP contribution in [0.3, 0.4) is 0 Å². The Morgan fingerprint density at radius 3 is 2.55 bits per heavy atom. The van der Waals surface area contributed by atoms with E-state index < -0.39 is 0 Å². The summed E-state index contributed by atoms with van der Waals surface area (Å²) in [5.41, 5.74) is 4.77. The first-order valence-electron chi connectivity index (χ1n) is 7.05.